The number of esters is 1. The maximum absolute atomic E-state index is 12.9. The Morgan fingerprint density at radius 2 is 1.77 bits per heavy atom. The summed E-state index contributed by atoms with van der Waals surface area (Å²) in [5.41, 5.74) is 3.66. The largest absolute Gasteiger partial charge is 0.461 e. The summed E-state index contributed by atoms with van der Waals surface area (Å²) in [5, 5.41) is 1.18. The molecule has 0 atom stereocenters. The van der Waals surface area contributed by atoms with Crippen LogP contribution < -0.4 is 0 Å². The summed E-state index contributed by atoms with van der Waals surface area (Å²) in [6.45, 7) is 2.14. The van der Waals surface area contributed by atoms with Crippen molar-refractivity contribution >= 4 is 16.9 Å². The minimum Gasteiger partial charge on any atom is -0.461 e. The molecule has 5 heteroatoms. The lowest BCUT2D eigenvalue weighted by Crippen LogP contribution is -2.16. The smallest absolute Gasteiger partial charge is 0.360 e. The van der Waals surface area contributed by atoms with Crippen LogP contribution in [0.5, 0.6) is 0 Å². The third-order valence-electron chi connectivity index (χ3n) is 6.22. The van der Waals surface area contributed by atoms with Crippen molar-refractivity contribution < 1.29 is 9.53 Å². The van der Waals surface area contributed by atoms with Gasteiger partial charge >= 0.3 is 5.97 Å². The highest BCUT2D eigenvalue weighted by Gasteiger charge is 2.28. The van der Waals surface area contributed by atoms with Gasteiger partial charge in [-0.1, -0.05) is 55.7 Å². The lowest BCUT2D eigenvalue weighted by atomic mass is 9.87. The van der Waals surface area contributed by atoms with Gasteiger partial charge in [0.2, 0.25) is 0 Å². The SMILES string of the molecule is CCOC(=O)c1ncn(-c2ccccc2)c1-n1c(C2CCCCC2)cc2ccccc21. The second-order valence-electron chi connectivity index (χ2n) is 8.14. The van der Waals surface area contributed by atoms with Crippen molar-refractivity contribution in [2.24, 2.45) is 0 Å². The maximum Gasteiger partial charge on any atom is 0.360 e. The molecule has 0 N–H and O–H groups in total. The fourth-order valence-electron chi connectivity index (χ4n) is 4.79. The number of benzene rings is 2. The topological polar surface area (TPSA) is 49.0 Å². The summed E-state index contributed by atoms with van der Waals surface area (Å²) < 4.78 is 9.64. The standard InChI is InChI=1S/C26H27N3O2/c1-2-31-26(30)24-25(28(18-27-24)21-14-7-4-8-15-21)29-22-16-10-9-13-20(22)17-23(29)19-11-5-3-6-12-19/h4,7-10,13-19H,2-3,5-6,11-12H2,1H3. The normalized spacial score (nSPS) is 14.7. The second kappa shape index (κ2) is 8.42. The molecule has 0 spiro atoms. The monoisotopic (exact) mass is 413 g/mol. The zero-order chi connectivity index (χ0) is 21.2. The number of rotatable bonds is 5. The van der Waals surface area contributed by atoms with Crippen molar-refractivity contribution in [2.75, 3.05) is 6.61 Å². The molecule has 158 valence electrons. The van der Waals surface area contributed by atoms with E-state index in [0.717, 1.165) is 17.0 Å². The molecule has 4 aromatic rings. The predicted molar refractivity (Wildman–Crippen MR) is 122 cm³/mol. The third-order valence-corrected chi connectivity index (χ3v) is 6.22. The van der Waals surface area contributed by atoms with Crippen LogP contribution in [0.3, 0.4) is 0 Å². The van der Waals surface area contributed by atoms with Gasteiger partial charge in [0.15, 0.2) is 11.5 Å². The van der Waals surface area contributed by atoms with Crippen LogP contribution in [0.15, 0.2) is 67.0 Å². The molecule has 1 aliphatic carbocycles. The van der Waals surface area contributed by atoms with Crippen molar-refractivity contribution in [2.45, 2.75) is 44.9 Å². The van der Waals surface area contributed by atoms with Crippen LogP contribution in [0.1, 0.15) is 61.1 Å². The Hall–Kier alpha value is -3.34. The average Bonchev–Trinajstić information content (AvgIpc) is 3.42. The van der Waals surface area contributed by atoms with Gasteiger partial charge in [-0.15, -0.1) is 0 Å². The Morgan fingerprint density at radius 1 is 1.03 bits per heavy atom. The molecule has 0 amide bonds. The van der Waals surface area contributed by atoms with E-state index >= 15 is 0 Å². The average molecular weight is 414 g/mol. The van der Waals surface area contributed by atoms with E-state index in [2.05, 4.69) is 39.9 Å². The maximum atomic E-state index is 12.9. The molecule has 5 rings (SSSR count). The van der Waals surface area contributed by atoms with Gasteiger partial charge in [-0.05, 0) is 49.9 Å². The van der Waals surface area contributed by atoms with Gasteiger partial charge in [0.25, 0.3) is 0 Å². The van der Waals surface area contributed by atoms with Gasteiger partial charge in [0.05, 0.1) is 12.1 Å². The first-order chi connectivity index (χ1) is 15.3. The Labute approximate surface area is 182 Å². The second-order valence-corrected chi connectivity index (χ2v) is 8.14. The highest BCUT2D eigenvalue weighted by Crippen LogP contribution is 2.38. The Kier molecular flexibility index (Phi) is 5.33. The van der Waals surface area contributed by atoms with Crippen LogP contribution in [0, 0.1) is 0 Å². The van der Waals surface area contributed by atoms with E-state index in [1.807, 2.05) is 41.8 Å². The lowest BCUT2D eigenvalue weighted by molar-refractivity contribution is 0.0520. The van der Waals surface area contributed by atoms with Gasteiger partial charge in [0.1, 0.15) is 6.33 Å². The Bertz CT molecular complexity index is 1200. The van der Waals surface area contributed by atoms with Gasteiger partial charge in [-0.2, -0.15) is 0 Å². The molecule has 1 aliphatic rings. The number of para-hydroxylation sites is 2. The van der Waals surface area contributed by atoms with Crippen LogP contribution in [0.4, 0.5) is 0 Å². The van der Waals surface area contributed by atoms with Crippen molar-refractivity contribution in [1.29, 1.82) is 0 Å². The molecular weight excluding hydrogens is 386 g/mol. The first kappa shape index (κ1) is 19.6. The number of carbonyl (C=O) groups is 1. The molecule has 2 aromatic carbocycles. The minimum atomic E-state index is -0.389. The van der Waals surface area contributed by atoms with Crippen molar-refractivity contribution in [3.05, 3.63) is 78.4 Å². The zero-order valence-electron chi connectivity index (χ0n) is 17.8. The number of hydrogen-bond donors (Lipinski definition) is 0. The number of nitrogens with zero attached hydrogens (tertiary/aromatic N) is 3. The first-order valence-electron chi connectivity index (χ1n) is 11.2. The molecule has 0 aliphatic heterocycles. The summed E-state index contributed by atoms with van der Waals surface area (Å²) in [5.74, 6) is 0.835. The van der Waals surface area contributed by atoms with E-state index in [9.17, 15) is 4.79 Å². The summed E-state index contributed by atoms with van der Waals surface area (Å²) >= 11 is 0. The lowest BCUT2D eigenvalue weighted by Gasteiger charge is -2.24. The molecule has 0 radical (unpaired) electrons. The molecule has 2 heterocycles. The predicted octanol–water partition coefficient (Wildman–Crippen LogP) is 6.04. The van der Waals surface area contributed by atoms with Crippen molar-refractivity contribution in [3.8, 4) is 11.5 Å². The number of carbonyl (C=O) groups excluding carboxylic acids is 1. The molecule has 1 saturated carbocycles. The van der Waals surface area contributed by atoms with Gasteiger partial charge in [0, 0.05) is 16.8 Å². The number of ether oxygens (including phenoxy) is 1. The molecular formula is C26H27N3O2. The molecule has 5 nitrogen and oxygen atoms in total. The summed E-state index contributed by atoms with van der Waals surface area (Å²) in [4.78, 5) is 17.4. The summed E-state index contributed by atoms with van der Waals surface area (Å²) in [6, 6.07) is 20.7. The molecule has 31 heavy (non-hydrogen) atoms. The Balaban J connectivity index is 1.79. The minimum absolute atomic E-state index is 0.318. The highest BCUT2D eigenvalue weighted by molar-refractivity contribution is 5.93. The number of aromatic nitrogens is 3. The van der Waals surface area contributed by atoms with Crippen LogP contribution in [-0.4, -0.2) is 26.7 Å². The van der Waals surface area contributed by atoms with Crippen molar-refractivity contribution in [3.63, 3.8) is 0 Å². The van der Waals surface area contributed by atoms with Crippen LogP contribution in [-0.2, 0) is 4.74 Å². The van der Waals surface area contributed by atoms with Crippen LogP contribution >= 0.6 is 0 Å². The number of hydrogen-bond acceptors (Lipinski definition) is 3. The van der Waals surface area contributed by atoms with E-state index < -0.39 is 0 Å². The fourth-order valence-corrected chi connectivity index (χ4v) is 4.79. The fraction of sp³-hybridized carbons (Fsp3) is 0.308. The number of fused-ring (bicyclic) bond motifs is 1. The van der Waals surface area contributed by atoms with Gasteiger partial charge in [-0.3, -0.25) is 9.13 Å². The Morgan fingerprint density at radius 3 is 2.55 bits per heavy atom. The van der Waals surface area contributed by atoms with Crippen LogP contribution in [0.2, 0.25) is 0 Å². The first-order valence-corrected chi connectivity index (χ1v) is 11.2. The van der Waals surface area contributed by atoms with Gasteiger partial charge in [-0.25, -0.2) is 9.78 Å². The van der Waals surface area contributed by atoms with Gasteiger partial charge < -0.3 is 4.74 Å². The molecule has 0 unspecified atom stereocenters. The van der Waals surface area contributed by atoms with E-state index in [4.69, 9.17) is 4.74 Å². The highest BCUT2D eigenvalue weighted by atomic mass is 16.5. The number of imidazole rings is 1. The quantitative estimate of drug-likeness (QED) is 0.375. The molecule has 0 bridgehead atoms. The van der Waals surface area contributed by atoms with E-state index in [0.29, 0.717) is 18.2 Å². The van der Waals surface area contributed by atoms with Crippen molar-refractivity contribution in [1.82, 2.24) is 14.1 Å². The van der Waals surface area contributed by atoms with Crippen LogP contribution in [0.25, 0.3) is 22.4 Å². The molecule has 0 saturated heterocycles. The van der Waals surface area contributed by atoms with E-state index in [1.54, 1.807) is 6.33 Å². The summed E-state index contributed by atoms with van der Waals surface area (Å²) in [6.07, 6.45) is 7.86. The molecule has 1 fully saturated rings. The van der Waals surface area contributed by atoms with E-state index in [-0.39, 0.29) is 5.97 Å². The summed E-state index contributed by atoms with van der Waals surface area (Å²) in [7, 11) is 0. The molecule has 2 aromatic heterocycles. The zero-order valence-corrected chi connectivity index (χ0v) is 17.8. The van der Waals surface area contributed by atoms with E-state index in [1.165, 1.54) is 43.2 Å². The third kappa shape index (κ3) is 3.54.